The lowest BCUT2D eigenvalue weighted by Crippen LogP contribution is -2.55. The zero-order valence-corrected chi connectivity index (χ0v) is 15.4. The molecule has 1 fully saturated rings. The zero-order chi connectivity index (χ0) is 18.9. The van der Waals surface area contributed by atoms with Gasteiger partial charge in [-0.1, -0.05) is 0 Å². The largest absolute Gasteiger partial charge is 0.491 e. The topological polar surface area (TPSA) is 79.6 Å². The van der Waals surface area contributed by atoms with Crippen molar-refractivity contribution in [3.63, 3.8) is 0 Å². The Hall–Kier alpha value is -2.55. The summed E-state index contributed by atoms with van der Waals surface area (Å²) in [5, 5.41) is 9.38. The molecule has 1 aromatic rings. The van der Waals surface area contributed by atoms with Crippen LogP contribution in [0.1, 0.15) is 43.9 Å². The number of aldehydes is 1. The highest BCUT2D eigenvalue weighted by molar-refractivity contribution is 5.69. The smallest absolute Gasteiger partial charge is 0.410 e. The second kappa shape index (κ2) is 6.99. The second-order valence-electron chi connectivity index (χ2n) is 7.95. The standard InChI is InChI=1S/C20H24N2O4/c1-20(2,3)26-19(24)22-5-4-16(22)12-25-17-8-14-6-13(11-23)7-18(14)15(9-17)10-21/h8-9,11,13,16H,4-7,12H2,1-3H3. The lowest BCUT2D eigenvalue weighted by atomic mass is 10.0. The lowest BCUT2D eigenvalue weighted by Gasteiger charge is -2.41. The van der Waals surface area contributed by atoms with E-state index in [0.29, 0.717) is 37.3 Å². The van der Waals surface area contributed by atoms with Gasteiger partial charge in [0.2, 0.25) is 0 Å². The van der Waals surface area contributed by atoms with Crippen LogP contribution in [0.5, 0.6) is 5.75 Å². The van der Waals surface area contributed by atoms with Crippen LogP contribution in [-0.4, -0.2) is 42.1 Å². The normalized spacial score (nSPS) is 21.4. The number of carbonyl (C=O) groups is 2. The van der Waals surface area contributed by atoms with E-state index in [4.69, 9.17) is 9.47 Å². The molecule has 2 unspecified atom stereocenters. The minimum atomic E-state index is -0.519. The minimum absolute atomic E-state index is 0.0219. The predicted octanol–water partition coefficient (Wildman–Crippen LogP) is 2.86. The molecule has 0 spiro atoms. The number of fused-ring (bicyclic) bond motifs is 1. The summed E-state index contributed by atoms with van der Waals surface area (Å²) in [6.45, 7) is 6.56. The van der Waals surface area contributed by atoms with Gasteiger partial charge in [-0.2, -0.15) is 5.26 Å². The first-order chi connectivity index (χ1) is 12.3. The molecular formula is C20H24N2O4. The number of nitriles is 1. The summed E-state index contributed by atoms with van der Waals surface area (Å²) in [6.07, 6.45) is 2.77. The molecule has 1 saturated heterocycles. The molecule has 6 heteroatoms. The van der Waals surface area contributed by atoms with E-state index >= 15 is 0 Å². The molecule has 1 amide bonds. The Morgan fingerprint density at radius 1 is 1.38 bits per heavy atom. The summed E-state index contributed by atoms with van der Waals surface area (Å²) in [5.41, 5.74) is 2.01. The van der Waals surface area contributed by atoms with E-state index in [2.05, 4.69) is 6.07 Å². The van der Waals surface area contributed by atoms with E-state index in [9.17, 15) is 14.9 Å². The summed E-state index contributed by atoms with van der Waals surface area (Å²) < 4.78 is 11.3. The molecule has 2 atom stereocenters. The van der Waals surface area contributed by atoms with Gasteiger partial charge in [0.1, 0.15) is 24.2 Å². The van der Waals surface area contributed by atoms with Crippen LogP contribution in [0, 0.1) is 17.2 Å². The summed E-state index contributed by atoms with van der Waals surface area (Å²) in [5.74, 6) is 0.560. The lowest BCUT2D eigenvalue weighted by molar-refractivity contribution is -0.110. The average molecular weight is 356 g/mol. The monoisotopic (exact) mass is 356 g/mol. The van der Waals surface area contributed by atoms with E-state index < -0.39 is 5.60 Å². The van der Waals surface area contributed by atoms with Crippen molar-refractivity contribution in [2.75, 3.05) is 13.2 Å². The van der Waals surface area contributed by atoms with Crippen LogP contribution in [0.4, 0.5) is 4.79 Å². The summed E-state index contributed by atoms with van der Waals surface area (Å²) in [7, 11) is 0. The number of carbonyl (C=O) groups excluding carboxylic acids is 2. The molecule has 1 aliphatic heterocycles. The fourth-order valence-corrected chi connectivity index (χ4v) is 3.39. The van der Waals surface area contributed by atoms with Gasteiger partial charge >= 0.3 is 6.09 Å². The molecule has 1 aliphatic carbocycles. The van der Waals surface area contributed by atoms with Gasteiger partial charge in [0.15, 0.2) is 0 Å². The molecule has 0 radical (unpaired) electrons. The molecule has 1 heterocycles. The van der Waals surface area contributed by atoms with Crippen molar-refractivity contribution in [2.24, 2.45) is 5.92 Å². The quantitative estimate of drug-likeness (QED) is 0.775. The van der Waals surface area contributed by atoms with Gasteiger partial charge in [0.25, 0.3) is 0 Å². The molecule has 0 saturated carbocycles. The van der Waals surface area contributed by atoms with E-state index in [1.54, 1.807) is 11.0 Å². The van der Waals surface area contributed by atoms with Crippen LogP contribution >= 0.6 is 0 Å². The fourth-order valence-electron chi connectivity index (χ4n) is 3.39. The van der Waals surface area contributed by atoms with Crippen LogP contribution in [0.3, 0.4) is 0 Å². The van der Waals surface area contributed by atoms with Crippen molar-refractivity contribution in [3.05, 3.63) is 28.8 Å². The number of likely N-dealkylation sites (tertiary alicyclic amines) is 1. The van der Waals surface area contributed by atoms with Crippen LogP contribution < -0.4 is 4.74 Å². The molecule has 1 aromatic carbocycles. The fraction of sp³-hybridized carbons (Fsp3) is 0.550. The molecule has 0 bridgehead atoms. The van der Waals surface area contributed by atoms with Crippen LogP contribution in [0.25, 0.3) is 0 Å². The van der Waals surface area contributed by atoms with E-state index in [1.165, 1.54) is 0 Å². The molecule has 26 heavy (non-hydrogen) atoms. The minimum Gasteiger partial charge on any atom is -0.491 e. The van der Waals surface area contributed by atoms with Gasteiger partial charge in [-0.05, 0) is 63.3 Å². The van der Waals surface area contributed by atoms with Crippen LogP contribution in [0.15, 0.2) is 12.1 Å². The Bertz CT molecular complexity index is 760. The predicted molar refractivity (Wildman–Crippen MR) is 95.0 cm³/mol. The number of hydrogen-bond donors (Lipinski definition) is 0. The number of amides is 1. The SMILES string of the molecule is CC(C)(C)OC(=O)N1CCC1COc1cc(C#N)c2c(c1)CC(C=O)C2. The molecule has 6 nitrogen and oxygen atoms in total. The first kappa shape index (κ1) is 18.2. The van der Waals surface area contributed by atoms with E-state index in [1.807, 2.05) is 26.8 Å². The maximum Gasteiger partial charge on any atom is 0.410 e. The Balaban J connectivity index is 1.63. The number of rotatable bonds is 4. The van der Waals surface area contributed by atoms with Crippen molar-refractivity contribution < 1.29 is 19.1 Å². The molecular weight excluding hydrogens is 332 g/mol. The first-order valence-electron chi connectivity index (χ1n) is 8.94. The van der Waals surface area contributed by atoms with Gasteiger partial charge in [-0.15, -0.1) is 0 Å². The van der Waals surface area contributed by atoms with Crippen molar-refractivity contribution in [1.29, 1.82) is 5.26 Å². The third kappa shape index (κ3) is 3.82. The van der Waals surface area contributed by atoms with Gasteiger partial charge in [-0.3, -0.25) is 0 Å². The average Bonchev–Trinajstić information content (AvgIpc) is 2.94. The van der Waals surface area contributed by atoms with Crippen LogP contribution in [-0.2, 0) is 22.4 Å². The molecule has 3 rings (SSSR count). The summed E-state index contributed by atoms with van der Waals surface area (Å²) in [6, 6.07) is 5.82. The molecule has 138 valence electrons. The summed E-state index contributed by atoms with van der Waals surface area (Å²) in [4.78, 5) is 24.9. The van der Waals surface area contributed by atoms with Crippen molar-refractivity contribution in [3.8, 4) is 11.8 Å². The second-order valence-corrected chi connectivity index (χ2v) is 7.95. The van der Waals surface area contributed by atoms with E-state index in [0.717, 1.165) is 23.8 Å². The van der Waals surface area contributed by atoms with Crippen molar-refractivity contribution in [1.82, 2.24) is 4.90 Å². The van der Waals surface area contributed by atoms with E-state index in [-0.39, 0.29) is 18.1 Å². The number of ether oxygens (including phenoxy) is 2. The molecule has 2 aliphatic rings. The van der Waals surface area contributed by atoms with Crippen molar-refractivity contribution in [2.45, 2.75) is 51.7 Å². The third-order valence-corrected chi connectivity index (χ3v) is 4.79. The maximum absolute atomic E-state index is 12.2. The van der Waals surface area contributed by atoms with Gasteiger partial charge < -0.3 is 19.2 Å². The van der Waals surface area contributed by atoms with Gasteiger partial charge in [-0.25, -0.2) is 4.79 Å². The third-order valence-electron chi connectivity index (χ3n) is 4.79. The highest BCUT2D eigenvalue weighted by Crippen LogP contribution is 2.32. The molecule has 0 aromatic heterocycles. The Kier molecular flexibility index (Phi) is 4.90. The number of benzene rings is 1. The maximum atomic E-state index is 12.2. The first-order valence-corrected chi connectivity index (χ1v) is 8.94. The zero-order valence-electron chi connectivity index (χ0n) is 15.4. The highest BCUT2D eigenvalue weighted by Gasteiger charge is 2.35. The Labute approximate surface area is 153 Å². The summed E-state index contributed by atoms with van der Waals surface area (Å²) >= 11 is 0. The molecule has 0 N–H and O–H groups in total. The van der Waals surface area contributed by atoms with Gasteiger partial charge in [0.05, 0.1) is 17.7 Å². The van der Waals surface area contributed by atoms with Crippen LogP contribution in [0.2, 0.25) is 0 Å². The highest BCUT2D eigenvalue weighted by atomic mass is 16.6. The Morgan fingerprint density at radius 2 is 2.15 bits per heavy atom. The van der Waals surface area contributed by atoms with Gasteiger partial charge in [0, 0.05) is 12.5 Å². The Morgan fingerprint density at radius 3 is 2.73 bits per heavy atom. The number of nitrogens with zero attached hydrogens (tertiary/aromatic N) is 2. The van der Waals surface area contributed by atoms with Crippen molar-refractivity contribution >= 4 is 12.4 Å². The number of hydrogen-bond acceptors (Lipinski definition) is 5.